The summed E-state index contributed by atoms with van der Waals surface area (Å²) in [7, 11) is 0. The van der Waals surface area contributed by atoms with Crippen molar-refractivity contribution in [3.05, 3.63) is 21.9 Å². The molecule has 0 radical (unpaired) electrons. The van der Waals surface area contributed by atoms with Gasteiger partial charge in [0.05, 0.1) is 11.4 Å². The average Bonchev–Trinajstić information content (AvgIpc) is 2.58. The number of nitrogens with one attached hydrogen (secondary N) is 2. The topological polar surface area (TPSA) is 82.9 Å². The number of benzene rings is 1. The third-order valence-corrected chi connectivity index (χ3v) is 4.49. The number of hydrogen-bond donors (Lipinski definition) is 2. The third kappa shape index (κ3) is 7.10. The van der Waals surface area contributed by atoms with E-state index in [2.05, 4.69) is 62.5 Å². The summed E-state index contributed by atoms with van der Waals surface area (Å²) in [5, 5.41) is 12.8. The van der Waals surface area contributed by atoms with Crippen LogP contribution in [-0.2, 0) is 0 Å². The summed E-state index contributed by atoms with van der Waals surface area (Å²) in [6.45, 7) is 12.8. The van der Waals surface area contributed by atoms with Crippen molar-refractivity contribution in [3.63, 3.8) is 0 Å². The van der Waals surface area contributed by atoms with E-state index in [4.69, 9.17) is 0 Å². The highest BCUT2D eigenvalue weighted by molar-refractivity contribution is 5.87. The van der Waals surface area contributed by atoms with Crippen LogP contribution in [0.3, 0.4) is 0 Å². The van der Waals surface area contributed by atoms with Crippen LogP contribution >= 0.6 is 0 Å². The zero-order valence-electron chi connectivity index (χ0n) is 17.0. The molecule has 0 heterocycles. The molecule has 0 amide bonds. The van der Waals surface area contributed by atoms with E-state index in [1.54, 1.807) is 12.1 Å². The van der Waals surface area contributed by atoms with Crippen molar-refractivity contribution in [1.82, 2.24) is 0 Å². The largest absolute Gasteiger partial charge is 0.381 e. The summed E-state index contributed by atoms with van der Waals surface area (Å²) in [6, 6.07) is 3.96. The minimum atomic E-state index is 0.0810. The van der Waals surface area contributed by atoms with Gasteiger partial charge in [-0.2, -0.15) is 0 Å². The van der Waals surface area contributed by atoms with Gasteiger partial charge in [-0.3, -0.25) is 0 Å². The van der Waals surface area contributed by atoms with Crippen molar-refractivity contribution in [2.24, 2.45) is 22.2 Å². The first-order valence-electron chi connectivity index (χ1n) is 9.65. The fourth-order valence-electron chi connectivity index (χ4n) is 2.84. The Bertz CT molecular complexity index is 536. The second-order valence-corrected chi connectivity index (χ2v) is 8.07. The van der Waals surface area contributed by atoms with Gasteiger partial charge in [0, 0.05) is 12.1 Å². The highest BCUT2D eigenvalue weighted by Gasteiger charge is 2.18. The first-order chi connectivity index (χ1) is 12.3. The van der Waals surface area contributed by atoms with E-state index in [0.717, 1.165) is 25.7 Å². The van der Waals surface area contributed by atoms with Crippen molar-refractivity contribution < 1.29 is 0 Å². The Hall–Kier alpha value is -1.98. The number of nitrogens with zero attached hydrogens (tertiary/aromatic N) is 2. The number of anilines is 2. The van der Waals surface area contributed by atoms with Gasteiger partial charge in [-0.05, 0) is 73.9 Å². The van der Waals surface area contributed by atoms with Gasteiger partial charge in [0.1, 0.15) is 0 Å². The van der Waals surface area contributed by atoms with Crippen LogP contribution in [0.25, 0.3) is 0 Å². The van der Waals surface area contributed by atoms with E-state index in [1.807, 2.05) is 0 Å². The lowest BCUT2D eigenvalue weighted by Crippen LogP contribution is -2.17. The average molecular weight is 363 g/mol. The molecule has 26 heavy (non-hydrogen) atoms. The van der Waals surface area contributed by atoms with Crippen LogP contribution in [0.5, 0.6) is 0 Å². The van der Waals surface area contributed by atoms with Crippen LogP contribution in [0, 0.1) is 21.6 Å². The number of nitroso groups, excluding NO2 is 2. The van der Waals surface area contributed by atoms with E-state index in [9.17, 15) is 9.81 Å². The van der Waals surface area contributed by atoms with Gasteiger partial charge < -0.3 is 10.6 Å². The van der Waals surface area contributed by atoms with Crippen LogP contribution in [0.4, 0.5) is 22.7 Å². The molecular weight excluding hydrogens is 328 g/mol. The van der Waals surface area contributed by atoms with Gasteiger partial charge in [0.15, 0.2) is 11.4 Å². The summed E-state index contributed by atoms with van der Waals surface area (Å²) in [5.74, 6) is 1.24. The molecule has 6 nitrogen and oxygen atoms in total. The summed E-state index contributed by atoms with van der Waals surface area (Å²) in [5.41, 5.74) is 1.28. The zero-order valence-corrected chi connectivity index (χ0v) is 17.0. The summed E-state index contributed by atoms with van der Waals surface area (Å²) in [4.78, 5) is 22.8. The molecule has 0 saturated heterocycles. The molecule has 6 heteroatoms. The maximum Gasteiger partial charge on any atom is 0.162 e. The lowest BCUT2D eigenvalue weighted by molar-refractivity contribution is 0.527. The van der Waals surface area contributed by atoms with Crippen LogP contribution in [-0.4, -0.2) is 12.1 Å². The fraction of sp³-hybridized carbons (Fsp3) is 0.700. The van der Waals surface area contributed by atoms with Gasteiger partial charge in [0.25, 0.3) is 0 Å². The molecule has 0 spiro atoms. The molecule has 1 rings (SSSR count). The molecule has 0 aromatic heterocycles. The molecule has 0 saturated carbocycles. The molecular formula is C20H34N4O2. The zero-order chi connectivity index (χ0) is 19.7. The molecule has 1 aromatic rings. The Morgan fingerprint density at radius 1 is 0.692 bits per heavy atom. The molecule has 2 N–H and O–H groups in total. The normalized spacial score (nSPS) is 13.5. The molecule has 1 aromatic carbocycles. The van der Waals surface area contributed by atoms with Gasteiger partial charge in [-0.25, -0.2) is 0 Å². The molecule has 0 aliphatic rings. The SMILES string of the molecule is CC(C)CCC(C)Nc1ccc(NC(C)CCC(C)C)c(N=O)c1N=O. The predicted molar refractivity (Wildman–Crippen MR) is 112 cm³/mol. The molecule has 0 aliphatic carbocycles. The summed E-state index contributed by atoms with van der Waals surface area (Å²) >= 11 is 0. The maximum atomic E-state index is 11.4. The van der Waals surface area contributed by atoms with Gasteiger partial charge in [-0.1, -0.05) is 27.7 Å². The highest BCUT2D eigenvalue weighted by Crippen LogP contribution is 2.42. The van der Waals surface area contributed by atoms with E-state index in [0.29, 0.717) is 23.2 Å². The molecule has 2 atom stereocenters. The smallest absolute Gasteiger partial charge is 0.162 e. The van der Waals surface area contributed by atoms with Gasteiger partial charge >= 0.3 is 0 Å². The second kappa shape index (κ2) is 10.9. The maximum absolute atomic E-state index is 11.4. The Labute approximate surface area is 157 Å². The van der Waals surface area contributed by atoms with Crippen LogP contribution in [0.1, 0.15) is 67.2 Å². The summed E-state index contributed by atoms with van der Waals surface area (Å²) in [6.07, 6.45) is 4.13. The molecule has 146 valence electrons. The van der Waals surface area contributed by atoms with Crippen LogP contribution in [0.2, 0.25) is 0 Å². The van der Waals surface area contributed by atoms with E-state index >= 15 is 0 Å². The lowest BCUT2D eigenvalue weighted by Gasteiger charge is -2.20. The van der Waals surface area contributed by atoms with E-state index < -0.39 is 0 Å². The molecule has 0 bridgehead atoms. The van der Waals surface area contributed by atoms with E-state index in [1.165, 1.54) is 0 Å². The lowest BCUT2D eigenvalue weighted by atomic mass is 10.0. The van der Waals surface area contributed by atoms with Crippen molar-refractivity contribution in [2.45, 2.75) is 79.3 Å². The fourth-order valence-corrected chi connectivity index (χ4v) is 2.84. The minimum Gasteiger partial charge on any atom is -0.381 e. The monoisotopic (exact) mass is 362 g/mol. The first-order valence-corrected chi connectivity index (χ1v) is 9.65. The molecule has 0 fully saturated rings. The van der Waals surface area contributed by atoms with Crippen LogP contribution < -0.4 is 10.6 Å². The van der Waals surface area contributed by atoms with Crippen LogP contribution in [0.15, 0.2) is 22.5 Å². The first kappa shape index (κ1) is 22.1. The minimum absolute atomic E-state index is 0.0810. The third-order valence-electron chi connectivity index (χ3n) is 4.49. The Morgan fingerprint density at radius 2 is 1.04 bits per heavy atom. The predicted octanol–water partition coefficient (Wildman–Crippen LogP) is 6.96. The van der Waals surface area contributed by atoms with E-state index in [-0.39, 0.29) is 23.5 Å². The standard InChI is InChI=1S/C20H34N4O2/c1-13(2)7-9-15(5)21-17-11-12-18(20(24-26)19(17)23-25)22-16(6)10-8-14(3)4/h11-16,21-22H,7-10H2,1-6H3. The Kier molecular flexibility index (Phi) is 9.24. The van der Waals surface area contributed by atoms with Crippen molar-refractivity contribution in [3.8, 4) is 0 Å². The van der Waals surface area contributed by atoms with Gasteiger partial charge in [-0.15, -0.1) is 9.81 Å². The highest BCUT2D eigenvalue weighted by atomic mass is 16.3. The molecule has 0 aliphatic heterocycles. The quantitative estimate of drug-likeness (QED) is 0.394. The van der Waals surface area contributed by atoms with Crippen molar-refractivity contribution in [1.29, 1.82) is 0 Å². The van der Waals surface area contributed by atoms with Crippen molar-refractivity contribution >= 4 is 22.7 Å². The number of rotatable bonds is 12. The number of hydrogen-bond acceptors (Lipinski definition) is 6. The van der Waals surface area contributed by atoms with Gasteiger partial charge in [0.2, 0.25) is 0 Å². The Balaban J connectivity index is 2.93. The van der Waals surface area contributed by atoms with Crippen molar-refractivity contribution in [2.75, 3.05) is 10.6 Å². The Morgan fingerprint density at radius 3 is 1.31 bits per heavy atom. The second-order valence-electron chi connectivity index (χ2n) is 8.07. The molecule has 2 unspecified atom stereocenters. The summed E-state index contributed by atoms with van der Waals surface area (Å²) < 4.78 is 0.